The van der Waals surface area contributed by atoms with Crippen molar-refractivity contribution in [1.29, 1.82) is 0 Å². The number of amides is 1. The number of carbonyl (C=O) groups excluding carboxylic acids is 1. The lowest BCUT2D eigenvalue weighted by Crippen LogP contribution is -2.13. The zero-order chi connectivity index (χ0) is 23.6. The third-order valence-corrected chi connectivity index (χ3v) is 5.18. The molecule has 7 heteroatoms. The van der Waals surface area contributed by atoms with E-state index in [4.69, 9.17) is 0 Å². The number of hydrogen-bond donors (Lipinski definition) is 2. The van der Waals surface area contributed by atoms with Crippen molar-refractivity contribution in [1.82, 2.24) is 4.98 Å². The first-order chi connectivity index (χ1) is 15.7. The average Bonchev–Trinajstić information content (AvgIpc) is 2.80. The minimum absolute atomic E-state index is 0.280. The average molecular weight is 447 g/mol. The fraction of sp³-hybridized carbons (Fsp3) is 0.0769. The lowest BCUT2D eigenvalue weighted by molar-refractivity contribution is -0.137. The summed E-state index contributed by atoms with van der Waals surface area (Å²) in [6, 6.07) is 19.2. The highest BCUT2D eigenvalue weighted by Crippen LogP contribution is 2.31. The number of nitrogens with zero attached hydrogens (tertiary/aromatic N) is 1. The number of aromatic nitrogens is 1. The number of nitrogens with one attached hydrogen (secondary N) is 2. The monoisotopic (exact) mass is 447 g/mol. The Balaban J connectivity index is 1.53. The summed E-state index contributed by atoms with van der Waals surface area (Å²) < 4.78 is 39.0. The molecule has 3 aromatic carbocycles. The van der Waals surface area contributed by atoms with Gasteiger partial charge in [0.2, 0.25) is 0 Å². The van der Waals surface area contributed by atoms with Gasteiger partial charge in [-0.1, -0.05) is 30.8 Å². The summed E-state index contributed by atoms with van der Waals surface area (Å²) >= 11 is 0. The molecule has 1 aromatic heterocycles. The Labute approximate surface area is 188 Å². The Morgan fingerprint density at radius 3 is 2.52 bits per heavy atom. The van der Waals surface area contributed by atoms with Gasteiger partial charge in [0.05, 0.1) is 11.1 Å². The number of hydrogen-bond acceptors (Lipinski definition) is 3. The zero-order valence-electron chi connectivity index (χ0n) is 17.7. The van der Waals surface area contributed by atoms with Crippen LogP contribution >= 0.6 is 0 Å². The largest absolute Gasteiger partial charge is 0.416 e. The van der Waals surface area contributed by atoms with E-state index in [-0.39, 0.29) is 5.91 Å². The van der Waals surface area contributed by atoms with E-state index in [2.05, 4.69) is 22.2 Å². The standard InChI is InChI=1S/C26H20F3N3O/c1-16-8-10-22(31-17(2)18-5-3-7-21(14-18)26(27,28)29)15-24(16)32-25(33)20-9-11-23-19(13-20)6-4-12-30-23/h3-15,31H,2H2,1H3,(H,32,33). The summed E-state index contributed by atoms with van der Waals surface area (Å²) in [6.07, 6.45) is -2.74. The van der Waals surface area contributed by atoms with Crippen molar-refractivity contribution in [3.8, 4) is 0 Å². The van der Waals surface area contributed by atoms with Crippen LogP contribution in [0.4, 0.5) is 24.5 Å². The number of carbonyl (C=O) groups is 1. The van der Waals surface area contributed by atoms with Gasteiger partial charge in [-0.3, -0.25) is 9.78 Å². The molecular weight excluding hydrogens is 427 g/mol. The Morgan fingerprint density at radius 1 is 0.909 bits per heavy atom. The van der Waals surface area contributed by atoms with E-state index in [1.165, 1.54) is 6.07 Å². The van der Waals surface area contributed by atoms with E-state index < -0.39 is 11.7 Å². The van der Waals surface area contributed by atoms with Gasteiger partial charge < -0.3 is 10.6 Å². The molecule has 0 atom stereocenters. The molecule has 0 aliphatic heterocycles. The highest BCUT2D eigenvalue weighted by Gasteiger charge is 2.30. The van der Waals surface area contributed by atoms with Crippen LogP contribution in [0.3, 0.4) is 0 Å². The molecule has 0 fully saturated rings. The second-order valence-electron chi connectivity index (χ2n) is 7.58. The second kappa shape index (κ2) is 8.78. The molecule has 0 bridgehead atoms. The van der Waals surface area contributed by atoms with Crippen molar-refractivity contribution < 1.29 is 18.0 Å². The van der Waals surface area contributed by atoms with Crippen molar-refractivity contribution in [2.75, 3.05) is 10.6 Å². The zero-order valence-corrected chi connectivity index (χ0v) is 17.7. The normalized spacial score (nSPS) is 11.3. The number of benzene rings is 3. The van der Waals surface area contributed by atoms with Crippen LogP contribution in [0.25, 0.3) is 16.6 Å². The Bertz CT molecular complexity index is 1360. The van der Waals surface area contributed by atoms with Crippen LogP contribution in [0.1, 0.15) is 27.0 Å². The van der Waals surface area contributed by atoms with Gasteiger partial charge >= 0.3 is 6.18 Å². The van der Waals surface area contributed by atoms with Crippen LogP contribution in [0.15, 0.2) is 85.6 Å². The number of pyridine rings is 1. The van der Waals surface area contributed by atoms with E-state index in [1.54, 1.807) is 48.7 Å². The number of fused-ring (bicyclic) bond motifs is 1. The molecule has 0 unspecified atom stereocenters. The molecule has 0 aliphatic rings. The molecule has 2 N–H and O–H groups in total. The smallest absolute Gasteiger partial charge is 0.355 e. The van der Waals surface area contributed by atoms with E-state index in [0.29, 0.717) is 28.2 Å². The molecule has 0 saturated heterocycles. The number of anilines is 2. The molecule has 1 amide bonds. The van der Waals surface area contributed by atoms with Crippen LogP contribution in [-0.4, -0.2) is 10.9 Å². The van der Waals surface area contributed by atoms with Gasteiger partial charge in [0.25, 0.3) is 5.91 Å². The minimum atomic E-state index is -4.43. The summed E-state index contributed by atoms with van der Waals surface area (Å²) in [5, 5.41) is 6.77. The molecular formula is C26H20F3N3O. The predicted octanol–water partition coefficient (Wildman–Crippen LogP) is 6.90. The summed E-state index contributed by atoms with van der Waals surface area (Å²) in [5.41, 5.74) is 3.16. The summed E-state index contributed by atoms with van der Waals surface area (Å²) in [4.78, 5) is 17.1. The first-order valence-electron chi connectivity index (χ1n) is 10.1. The van der Waals surface area contributed by atoms with Crippen molar-refractivity contribution in [2.45, 2.75) is 13.1 Å². The molecule has 0 saturated carbocycles. The molecule has 0 spiro atoms. The maximum atomic E-state index is 13.0. The van der Waals surface area contributed by atoms with Crippen LogP contribution in [0.5, 0.6) is 0 Å². The van der Waals surface area contributed by atoms with Gasteiger partial charge in [-0.05, 0) is 66.6 Å². The first kappa shape index (κ1) is 22.1. The maximum Gasteiger partial charge on any atom is 0.416 e. The summed E-state index contributed by atoms with van der Waals surface area (Å²) in [5.74, 6) is -0.280. The molecule has 4 rings (SSSR count). The maximum absolute atomic E-state index is 13.0. The third kappa shape index (κ3) is 5.03. The van der Waals surface area contributed by atoms with Crippen LogP contribution in [0, 0.1) is 6.92 Å². The van der Waals surface area contributed by atoms with Crippen molar-refractivity contribution in [3.05, 3.63) is 108 Å². The molecule has 0 aliphatic carbocycles. The van der Waals surface area contributed by atoms with Crippen molar-refractivity contribution >= 4 is 33.9 Å². The molecule has 4 nitrogen and oxygen atoms in total. The van der Waals surface area contributed by atoms with E-state index in [0.717, 1.165) is 28.6 Å². The van der Waals surface area contributed by atoms with Gasteiger partial charge in [0.1, 0.15) is 0 Å². The number of aryl methyl sites for hydroxylation is 1. The highest BCUT2D eigenvalue weighted by atomic mass is 19.4. The van der Waals surface area contributed by atoms with Crippen molar-refractivity contribution in [2.24, 2.45) is 0 Å². The van der Waals surface area contributed by atoms with E-state index in [9.17, 15) is 18.0 Å². The fourth-order valence-electron chi connectivity index (χ4n) is 3.38. The van der Waals surface area contributed by atoms with Crippen molar-refractivity contribution in [3.63, 3.8) is 0 Å². The number of alkyl halides is 3. The Hall–Kier alpha value is -4.13. The van der Waals surface area contributed by atoms with Crippen LogP contribution < -0.4 is 10.6 Å². The number of rotatable bonds is 5. The second-order valence-corrected chi connectivity index (χ2v) is 7.58. The lowest BCUT2D eigenvalue weighted by Gasteiger charge is -2.15. The quantitative estimate of drug-likeness (QED) is 0.350. The van der Waals surface area contributed by atoms with Gasteiger partial charge in [-0.25, -0.2) is 0 Å². The van der Waals surface area contributed by atoms with Gasteiger partial charge in [-0.2, -0.15) is 13.2 Å². The predicted molar refractivity (Wildman–Crippen MR) is 125 cm³/mol. The topological polar surface area (TPSA) is 54.0 Å². The summed E-state index contributed by atoms with van der Waals surface area (Å²) in [6.45, 7) is 5.71. The summed E-state index contributed by atoms with van der Waals surface area (Å²) in [7, 11) is 0. The molecule has 1 heterocycles. The lowest BCUT2D eigenvalue weighted by atomic mass is 10.1. The highest BCUT2D eigenvalue weighted by molar-refractivity contribution is 6.06. The molecule has 166 valence electrons. The van der Waals surface area contributed by atoms with E-state index >= 15 is 0 Å². The SMILES string of the molecule is C=C(Nc1ccc(C)c(NC(=O)c2ccc3ncccc3c2)c1)c1cccc(C(F)(F)F)c1. The van der Waals surface area contributed by atoms with E-state index in [1.807, 2.05) is 19.1 Å². The Morgan fingerprint density at radius 2 is 1.73 bits per heavy atom. The fourth-order valence-corrected chi connectivity index (χ4v) is 3.38. The van der Waals surface area contributed by atoms with Gasteiger partial charge in [-0.15, -0.1) is 0 Å². The number of halogens is 3. The van der Waals surface area contributed by atoms with Crippen LogP contribution in [-0.2, 0) is 6.18 Å². The molecule has 0 radical (unpaired) electrons. The molecule has 4 aromatic rings. The Kier molecular flexibility index (Phi) is 5.87. The van der Waals surface area contributed by atoms with Crippen LogP contribution in [0.2, 0.25) is 0 Å². The van der Waals surface area contributed by atoms with Gasteiger partial charge in [0, 0.05) is 34.2 Å². The third-order valence-electron chi connectivity index (χ3n) is 5.18. The first-order valence-corrected chi connectivity index (χ1v) is 10.1. The van der Waals surface area contributed by atoms with Gasteiger partial charge in [0.15, 0.2) is 0 Å². The molecule has 33 heavy (non-hydrogen) atoms. The minimum Gasteiger partial charge on any atom is -0.355 e.